The van der Waals surface area contributed by atoms with Crippen molar-refractivity contribution < 1.29 is 19.4 Å². The van der Waals surface area contributed by atoms with E-state index in [4.69, 9.17) is 23.0 Å². The molecule has 2 aliphatic carbocycles. The first-order valence-corrected chi connectivity index (χ1v) is 15.3. The molecule has 0 atom stereocenters. The number of hydrogen-bond acceptors (Lipinski definition) is 4. The minimum Gasteiger partial charge on any atom is -0.508 e. The lowest BCUT2D eigenvalue weighted by atomic mass is 9.90. The Labute approximate surface area is 266 Å². The molecule has 1 N–H and O–H groups in total. The average Bonchev–Trinajstić information content (AvgIpc) is 3.06. The molecule has 0 unspecified atom stereocenters. The molecule has 2 aliphatic rings. The monoisotopic (exact) mass is 598 g/mol. The van der Waals surface area contributed by atoms with Gasteiger partial charge in [-0.25, -0.2) is 9.69 Å². The lowest BCUT2D eigenvalue weighted by Crippen LogP contribution is -2.10. The van der Waals surface area contributed by atoms with Crippen molar-refractivity contribution in [1.82, 2.24) is 0 Å². The summed E-state index contributed by atoms with van der Waals surface area (Å²) in [6, 6.07) is 22.2. The van der Waals surface area contributed by atoms with Gasteiger partial charge in [0.25, 0.3) is 0 Å². The number of benzene rings is 4. The number of hydrogen-bond donors (Lipinski definition) is 1. The van der Waals surface area contributed by atoms with Crippen molar-refractivity contribution in [2.45, 2.75) is 72.3 Å². The molecule has 0 amide bonds. The fourth-order valence-electron chi connectivity index (χ4n) is 5.47. The Morgan fingerprint density at radius 1 is 0.689 bits per heavy atom. The van der Waals surface area contributed by atoms with Crippen LogP contribution < -0.4 is 4.74 Å². The summed E-state index contributed by atoms with van der Waals surface area (Å²) in [7, 11) is 0. The van der Waals surface area contributed by atoms with E-state index in [0.717, 1.165) is 65.6 Å². The highest BCUT2D eigenvalue weighted by atomic mass is 16.5. The predicted molar refractivity (Wildman–Crippen MR) is 178 cm³/mol. The summed E-state index contributed by atoms with van der Waals surface area (Å²) < 4.78 is 5.83. The van der Waals surface area contributed by atoms with E-state index in [1.165, 1.54) is 11.1 Å². The molecular weight excluding hydrogens is 560 g/mol. The first kappa shape index (κ1) is 32.7. The van der Waals surface area contributed by atoms with E-state index in [2.05, 4.69) is 23.5 Å². The van der Waals surface area contributed by atoms with Gasteiger partial charge in [0.05, 0.1) is 13.1 Å². The van der Waals surface area contributed by atoms with Crippen LogP contribution in [0.3, 0.4) is 0 Å². The van der Waals surface area contributed by atoms with Crippen LogP contribution in [0.15, 0.2) is 72.8 Å². The van der Waals surface area contributed by atoms with Gasteiger partial charge in [0.2, 0.25) is 0 Å². The molecular formula is C39H38N2O4. The number of carbonyl (C=O) groups excluding carboxylic acids is 2. The number of phenolic OH excluding ortho intramolecular Hbond substituents is 1. The second-order valence-corrected chi connectivity index (χ2v) is 11.3. The second kappa shape index (κ2) is 15.5. The fourth-order valence-corrected chi connectivity index (χ4v) is 5.47. The first-order valence-electron chi connectivity index (χ1n) is 15.3. The number of Topliss-reactive ketones (excluding diaryl/α,β-unsaturated/α-hetero) is 2. The van der Waals surface area contributed by atoms with E-state index in [-0.39, 0.29) is 17.3 Å². The normalized spacial score (nSPS) is 13.0. The zero-order valence-corrected chi connectivity index (χ0v) is 26.2. The van der Waals surface area contributed by atoms with Crippen molar-refractivity contribution in [3.8, 4) is 11.5 Å². The van der Waals surface area contributed by atoms with Crippen LogP contribution in [0.5, 0.6) is 11.5 Å². The van der Waals surface area contributed by atoms with Crippen LogP contribution in [0.1, 0.15) is 86.7 Å². The van der Waals surface area contributed by atoms with Crippen LogP contribution in [-0.4, -0.2) is 16.7 Å². The smallest absolute Gasteiger partial charge is 0.187 e. The van der Waals surface area contributed by atoms with Crippen LogP contribution in [0.2, 0.25) is 0 Å². The molecule has 6 nitrogen and oxygen atoms in total. The maximum absolute atomic E-state index is 12.0. The summed E-state index contributed by atoms with van der Waals surface area (Å²) in [5.41, 5.74) is 9.71. The van der Waals surface area contributed by atoms with Crippen LogP contribution in [0, 0.1) is 27.0 Å². The lowest BCUT2D eigenvalue weighted by molar-refractivity contribution is 0.0964. The van der Waals surface area contributed by atoms with Crippen LogP contribution >= 0.6 is 0 Å². The Morgan fingerprint density at radius 3 is 1.80 bits per heavy atom. The predicted octanol–water partition coefficient (Wildman–Crippen LogP) is 9.66. The van der Waals surface area contributed by atoms with Crippen molar-refractivity contribution in [3.63, 3.8) is 0 Å². The van der Waals surface area contributed by atoms with E-state index in [1.807, 2.05) is 67.6 Å². The van der Waals surface area contributed by atoms with Crippen molar-refractivity contribution in [2.75, 3.05) is 0 Å². The number of phenols is 1. The highest BCUT2D eigenvalue weighted by Crippen LogP contribution is 2.27. The van der Waals surface area contributed by atoms with Crippen molar-refractivity contribution in [3.05, 3.63) is 140 Å². The molecule has 4 aromatic rings. The van der Waals surface area contributed by atoms with Crippen molar-refractivity contribution in [1.29, 1.82) is 0 Å². The SMILES string of the molecule is O=C1CCCc2ccc(O)cc21.[C-]#[N+]c1ccc(C)c(CC)c1.[C-]#[N+]c1ccc(C)c(COc2ccc3c(c2)C(=O)CCC3)c1. The van der Waals surface area contributed by atoms with Gasteiger partial charge in [0.15, 0.2) is 22.9 Å². The summed E-state index contributed by atoms with van der Waals surface area (Å²) in [5.74, 6) is 1.26. The minimum absolute atomic E-state index is 0.159. The summed E-state index contributed by atoms with van der Waals surface area (Å²) in [6.45, 7) is 20.5. The van der Waals surface area contributed by atoms with E-state index >= 15 is 0 Å². The number of aromatic hydroxyl groups is 1. The molecule has 6 rings (SSSR count). The molecule has 6 heteroatoms. The molecule has 0 saturated heterocycles. The Balaban J connectivity index is 0.000000169. The summed E-state index contributed by atoms with van der Waals surface area (Å²) in [5, 5.41) is 9.15. The lowest BCUT2D eigenvalue weighted by Gasteiger charge is -2.16. The van der Waals surface area contributed by atoms with Crippen LogP contribution in [-0.2, 0) is 25.9 Å². The zero-order valence-electron chi connectivity index (χ0n) is 26.2. The quantitative estimate of drug-likeness (QED) is 0.237. The molecule has 0 aromatic heterocycles. The summed E-state index contributed by atoms with van der Waals surface area (Å²) >= 11 is 0. The van der Waals surface area contributed by atoms with E-state index in [0.29, 0.717) is 36.4 Å². The number of nitrogens with zero attached hydrogens (tertiary/aromatic N) is 2. The number of aryl methyl sites for hydroxylation is 5. The van der Waals surface area contributed by atoms with E-state index < -0.39 is 0 Å². The molecule has 45 heavy (non-hydrogen) atoms. The van der Waals surface area contributed by atoms with Gasteiger partial charge in [-0.2, -0.15) is 0 Å². The third kappa shape index (κ3) is 8.68. The molecule has 228 valence electrons. The van der Waals surface area contributed by atoms with Gasteiger partial charge < -0.3 is 9.84 Å². The van der Waals surface area contributed by atoms with Gasteiger partial charge in [-0.1, -0.05) is 60.5 Å². The standard InChI is InChI=1S/C19H17NO2.C10H11N.C10H10O2/c1-13-6-8-16(20-2)10-15(13)12-22-17-9-7-14-4-3-5-19(21)18(14)11-17;1-4-9-7-10(11-3)6-5-8(9)2;11-8-5-4-7-2-1-3-10(12)9(7)6-8/h6-11H,3-5,12H2,1H3;5-7H,4H2,1-2H3;4-6,11H,1-3H2. The third-order valence-corrected chi connectivity index (χ3v) is 8.17. The van der Waals surface area contributed by atoms with E-state index in [9.17, 15) is 9.59 Å². The van der Waals surface area contributed by atoms with Crippen LogP contribution in [0.4, 0.5) is 11.4 Å². The summed E-state index contributed by atoms with van der Waals surface area (Å²) in [6.07, 6.45) is 6.06. The van der Waals surface area contributed by atoms with Crippen molar-refractivity contribution >= 4 is 22.9 Å². The molecule has 0 bridgehead atoms. The number of carbonyl (C=O) groups is 2. The number of fused-ring (bicyclic) bond motifs is 2. The maximum atomic E-state index is 12.0. The van der Waals surface area contributed by atoms with Gasteiger partial charge in [0.1, 0.15) is 18.1 Å². The topological polar surface area (TPSA) is 72.3 Å². The molecule has 4 aromatic carbocycles. The highest BCUT2D eigenvalue weighted by molar-refractivity contribution is 5.99. The maximum Gasteiger partial charge on any atom is 0.187 e. The minimum atomic E-state index is 0.159. The van der Waals surface area contributed by atoms with Gasteiger partial charge in [-0.3, -0.25) is 9.59 Å². The molecule has 0 radical (unpaired) electrons. The Kier molecular flexibility index (Phi) is 11.3. The third-order valence-electron chi connectivity index (χ3n) is 8.17. The van der Waals surface area contributed by atoms with Gasteiger partial charge in [0, 0.05) is 24.0 Å². The number of ketones is 2. The molecule has 0 spiro atoms. The fraction of sp³-hybridized carbons (Fsp3) is 0.282. The highest BCUT2D eigenvalue weighted by Gasteiger charge is 2.18. The Hall–Kier alpha value is -5.20. The molecule has 0 aliphatic heterocycles. The Morgan fingerprint density at radius 2 is 1.22 bits per heavy atom. The molecule has 0 saturated carbocycles. The number of rotatable bonds is 4. The number of ether oxygens (including phenoxy) is 1. The molecule has 0 heterocycles. The largest absolute Gasteiger partial charge is 0.508 e. The van der Waals surface area contributed by atoms with Crippen LogP contribution in [0.25, 0.3) is 9.69 Å². The van der Waals surface area contributed by atoms with Gasteiger partial charge in [-0.15, -0.1) is 0 Å². The summed E-state index contributed by atoms with van der Waals surface area (Å²) in [4.78, 5) is 30.1. The Bertz CT molecular complexity index is 1790. The van der Waals surface area contributed by atoms with Gasteiger partial charge in [-0.05, 0) is 98.5 Å². The van der Waals surface area contributed by atoms with Gasteiger partial charge >= 0.3 is 0 Å². The molecule has 0 fully saturated rings. The zero-order chi connectivity index (χ0) is 32.3. The van der Waals surface area contributed by atoms with Crippen molar-refractivity contribution in [2.24, 2.45) is 0 Å². The first-order chi connectivity index (χ1) is 21.7. The second-order valence-electron chi connectivity index (χ2n) is 11.3. The van der Waals surface area contributed by atoms with E-state index in [1.54, 1.807) is 12.1 Å². The average molecular weight is 599 g/mol.